The molecule has 3 rings (SSSR count). The third kappa shape index (κ3) is 2.48. The predicted octanol–water partition coefficient (Wildman–Crippen LogP) is 3.61. The maximum atomic E-state index is 5.42. The smallest absolute Gasteiger partial charge is 0.200 e. The second-order valence-electron chi connectivity index (χ2n) is 4.59. The van der Waals surface area contributed by atoms with Gasteiger partial charge in [-0.15, -0.1) is 0 Å². The summed E-state index contributed by atoms with van der Waals surface area (Å²) in [6.07, 6.45) is 0. The number of ether oxygens (including phenoxy) is 2. The Balaban J connectivity index is 2.17. The van der Waals surface area contributed by atoms with E-state index >= 15 is 0 Å². The Labute approximate surface area is 133 Å². The first-order valence-electron chi connectivity index (χ1n) is 6.70. The minimum atomic E-state index is 0.510. The molecule has 6 heteroatoms. The van der Waals surface area contributed by atoms with Gasteiger partial charge in [0.25, 0.3) is 0 Å². The van der Waals surface area contributed by atoms with Crippen LogP contribution in [0.4, 0.5) is 0 Å². The maximum Gasteiger partial charge on any atom is 0.200 e. The van der Waals surface area contributed by atoms with Crippen LogP contribution >= 0.6 is 12.2 Å². The lowest BCUT2D eigenvalue weighted by Gasteiger charge is -2.11. The van der Waals surface area contributed by atoms with E-state index in [4.69, 9.17) is 21.7 Å². The first-order valence-corrected chi connectivity index (χ1v) is 7.10. The van der Waals surface area contributed by atoms with Gasteiger partial charge in [-0.25, -0.2) is 0 Å². The third-order valence-electron chi connectivity index (χ3n) is 3.35. The second kappa shape index (κ2) is 6.03. The van der Waals surface area contributed by atoms with Gasteiger partial charge in [-0.1, -0.05) is 12.1 Å². The SMILES string of the molecule is COc1ccc(-c2n[nH]c(=S)n2-c2ccccc2OC)cc1. The van der Waals surface area contributed by atoms with Crippen molar-refractivity contribution >= 4 is 12.2 Å². The van der Waals surface area contributed by atoms with E-state index in [0.717, 1.165) is 28.6 Å². The number of hydrogen-bond acceptors (Lipinski definition) is 4. The number of hydrogen-bond donors (Lipinski definition) is 1. The molecule has 0 bridgehead atoms. The van der Waals surface area contributed by atoms with Gasteiger partial charge in [0.2, 0.25) is 0 Å². The van der Waals surface area contributed by atoms with Gasteiger partial charge < -0.3 is 9.47 Å². The maximum absolute atomic E-state index is 5.42. The number of rotatable bonds is 4. The lowest BCUT2D eigenvalue weighted by molar-refractivity contribution is 0.413. The molecule has 0 amide bonds. The largest absolute Gasteiger partial charge is 0.497 e. The molecule has 0 radical (unpaired) electrons. The number of methoxy groups -OCH3 is 2. The summed E-state index contributed by atoms with van der Waals surface area (Å²) in [7, 11) is 3.27. The van der Waals surface area contributed by atoms with Crippen molar-refractivity contribution in [3.05, 3.63) is 53.3 Å². The molecule has 112 valence electrons. The molecule has 2 aromatic carbocycles. The molecule has 1 heterocycles. The Morgan fingerprint density at radius 1 is 1.00 bits per heavy atom. The molecule has 5 nitrogen and oxygen atoms in total. The van der Waals surface area contributed by atoms with Crippen LogP contribution in [0.25, 0.3) is 17.1 Å². The standard InChI is InChI=1S/C16H15N3O2S/c1-20-12-9-7-11(8-10-12)15-17-18-16(22)19(15)13-5-3-4-6-14(13)21-2/h3-10H,1-2H3,(H,18,22). The average Bonchev–Trinajstić information content (AvgIpc) is 2.96. The molecular weight excluding hydrogens is 298 g/mol. The van der Waals surface area contributed by atoms with Gasteiger partial charge in [-0.3, -0.25) is 9.67 Å². The van der Waals surface area contributed by atoms with Crippen LogP contribution in [-0.2, 0) is 0 Å². The Hall–Kier alpha value is -2.60. The van der Waals surface area contributed by atoms with Crippen LogP contribution in [0.15, 0.2) is 48.5 Å². The molecule has 3 aromatic rings. The van der Waals surface area contributed by atoms with E-state index in [1.165, 1.54) is 0 Å². The first kappa shape index (κ1) is 14.3. The van der Waals surface area contributed by atoms with E-state index in [1.807, 2.05) is 53.1 Å². The van der Waals surface area contributed by atoms with Crippen molar-refractivity contribution in [3.63, 3.8) is 0 Å². The van der Waals surface area contributed by atoms with E-state index in [-0.39, 0.29) is 0 Å². The van der Waals surface area contributed by atoms with Crippen molar-refractivity contribution in [1.82, 2.24) is 14.8 Å². The Bertz CT molecular complexity index is 837. The number of aromatic amines is 1. The van der Waals surface area contributed by atoms with Gasteiger partial charge in [0.05, 0.1) is 19.9 Å². The molecule has 1 N–H and O–H groups in total. The molecule has 0 saturated carbocycles. The third-order valence-corrected chi connectivity index (χ3v) is 3.62. The van der Waals surface area contributed by atoms with Gasteiger partial charge in [0.1, 0.15) is 11.5 Å². The molecule has 0 aliphatic carbocycles. The zero-order valence-corrected chi connectivity index (χ0v) is 13.1. The minimum absolute atomic E-state index is 0.510. The summed E-state index contributed by atoms with van der Waals surface area (Å²) in [5.74, 6) is 2.24. The second-order valence-corrected chi connectivity index (χ2v) is 4.97. The summed E-state index contributed by atoms with van der Waals surface area (Å²) < 4.78 is 13.0. The van der Waals surface area contributed by atoms with Crippen molar-refractivity contribution in [2.45, 2.75) is 0 Å². The van der Waals surface area contributed by atoms with Crippen molar-refractivity contribution in [2.75, 3.05) is 14.2 Å². The fraction of sp³-hybridized carbons (Fsp3) is 0.125. The first-order chi connectivity index (χ1) is 10.7. The van der Waals surface area contributed by atoms with Crippen molar-refractivity contribution in [2.24, 2.45) is 0 Å². The molecule has 1 aromatic heterocycles. The molecule has 0 aliphatic rings. The van der Waals surface area contributed by atoms with Crippen LogP contribution in [0, 0.1) is 4.77 Å². The average molecular weight is 313 g/mol. The minimum Gasteiger partial charge on any atom is -0.497 e. The van der Waals surface area contributed by atoms with E-state index in [0.29, 0.717) is 4.77 Å². The highest BCUT2D eigenvalue weighted by Gasteiger charge is 2.14. The normalized spacial score (nSPS) is 10.5. The van der Waals surface area contributed by atoms with E-state index in [9.17, 15) is 0 Å². The zero-order chi connectivity index (χ0) is 15.5. The molecule has 0 atom stereocenters. The van der Waals surface area contributed by atoms with Crippen LogP contribution in [0.1, 0.15) is 0 Å². The summed E-state index contributed by atoms with van der Waals surface area (Å²) in [6.45, 7) is 0. The van der Waals surface area contributed by atoms with Crippen molar-refractivity contribution < 1.29 is 9.47 Å². The van der Waals surface area contributed by atoms with Crippen LogP contribution in [-0.4, -0.2) is 29.0 Å². The number of H-pyrrole nitrogens is 1. The highest BCUT2D eigenvalue weighted by atomic mass is 32.1. The number of para-hydroxylation sites is 2. The van der Waals surface area contributed by atoms with E-state index in [2.05, 4.69) is 10.2 Å². The molecule has 0 spiro atoms. The highest BCUT2D eigenvalue weighted by Crippen LogP contribution is 2.28. The summed E-state index contributed by atoms with van der Waals surface area (Å²) in [6, 6.07) is 15.3. The summed E-state index contributed by atoms with van der Waals surface area (Å²) in [4.78, 5) is 0. The topological polar surface area (TPSA) is 52.1 Å². The lowest BCUT2D eigenvalue weighted by Crippen LogP contribution is -2.00. The Morgan fingerprint density at radius 3 is 2.41 bits per heavy atom. The summed E-state index contributed by atoms with van der Waals surface area (Å²) in [5, 5.41) is 7.19. The number of nitrogens with one attached hydrogen (secondary N) is 1. The molecular formula is C16H15N3O2S. The molecule has 0 aliphatic heterocycles. The highest BCUT2D eigenvalue weighted by molar-refractivity contribution is 7.71. The Morgan fingerprint density at radius 2 is 1.73 bits per heavy atom. The van der Waals surface area contributed by atoms with Gasteiger partial charge in [-0.2, -0.15) is 5.10 Å². The lowest BCUT2D eigenvalue weighted by atomic mass is 10.2. The van der Waals surface area contributed by atoms with Gasteiger partial charge in [0, 0.05) is 5.56 Å². The van der Waals surface area contributed by atoms with E-state index in [1.54, 1.807) is 14.2 Å². The van der Waals surface area contributed by atoms with Crippen LogP contribution in [0.2, 0.25) is 0 Å². The number of nitrogens with zero attached hydrogens (tertiary/aromatic N) is 2. The van der Waals surface area contributed by atoms with Crippen LogP contribution in [0.5, 0.6) is 11.5 Å². The fourth-order valence-electron chi connectivity index (χ4n) is 2.27. The quantitative estimate of drug-likeness (QED) is 0.748. The van der Waals surface area contributed by atoms with Gasteiger partial charge in [-0.05, 0) is 48.6 Å². The number of benzene rings is 2. The predicted molar refractivity (Wildman–Crippen MR) is 87.3 cm³/mol. The molecule has 0 fully saturated rings. The van der Waals surface area contributed by atoms with Gasteiger partial charge in [0.15, 0.2) is 10.6 Å². The number of aromatic nitrogens is 3. The van der Waals surface area contributed by atoms with Crippen LogP contribution in [0.3, 0.4) is 0 Å². The molecule has 22 heavy (non-hydrogen) atoms. The zero-order valence-electron chi connectivity index (χ0n) is 12.2. The molecule has 0 unspecified atom stereocenters. The van der Waals surface area contributed by atoms with E-state index < -0.39 is 0 Å². The molecule has 0 saturated heterocycles. The Kier molecular flexibility index (Phi) is 3.93. The van der Waals surface area contributed by atoms with Gasteiger partial charge >= 0.3 is 0 Å². The summed E-state index contributed by atoms with van der Waals surface area (Å²) >= 11 is 5.38. The van der Waals surface area contributed by atoms with Crippen molar-refractivity contribution in [1.29, 1.82) is 0 Å². The monoisotopic (exact) mass is 313 g/mol. The summed E-state index contributed by atoms with van der Waals surface area (Å²) in [5.41, 5.74) is 1.77. The fourth-order valence-corrected chi connectivity index (χ4v) is 2.50. The van der Waals surface area contributed by atoms with Crippen LogP contribution < -0.4 is 9.47 Å². The van der Waals surface area contributed by atoms with Crippen molar-refractivity contribution in [3.8, 4) is 28.6 Å².